The smallest absolute Gasteiger partial charge is 0.268 e. The third-order valence-corrected chi connectivity index (χ3v) is 5.55. The maximum Gasteiger partial charge on any atom is 0.268 e. The van der Waals surface area contributed by atoms with Crippen molar-refractivity contribution in [2.24, 2.45) is 0 Å². The van der Waals surface area contributed by atoms with Crippen LogP contribution in [0.1, 0.15) is 16.7 Å². The van der Waals surface area contributed by atoms with Crippen LogP contribution in [-0.4, -0.2) is 19.6 Å². The van der Waals surface area contributed by atoms with E-state index in [9.17, 15) is 10.1 Å². The SMILES string of the molecule is COc1cc(C=C(C#N)C(=O)N2CCc3ccccc32)cc(Cl)c1OCc1ccccc1. The van der Waals surface area contributed by atoms with Crippen molar-refractivity contribution < 1.29 is 14.3 Å². The van der Waals surface area contributed by atoms with E-state index in [1.165, 1.54) is 13.2 Å². The third-order valence-electron chi connectivity index (χ3n) is 5.27. The zero-order valence-corrected chi connectivity index (χ0v) is 18.3. The maximum absolute atomic E-state index is 13.1. The van der Waals surface area contributed by atoms with E-state index >= 15 is 0 Å². The summed E-state index contributed by atoms with van der Waals surface area (Å²) < 4.78 is 11.3. The molecule has 6 heteroatoms. The molecular weight excluding hydrogens is 424 g/mol. The van der Waals surface area contributed by atoms with Crippen molar-refractivity contribution in [2.75, 3.05) is 18.6 Å². The van der Waals surface area contributed by atoms with Crippen molar-refractivity contribution in [3.63, 3.8) is 0 Å². The summed E-state index contributed by atoms with van der Waals surface area (Å²) >= 11 is 6.47. The van der Waals surface area contributed by atoms with Crippen molar-refractivity contribution in [1.29, 1.82) is 5.26 Å². The maximum atomic E-state index is 13.1. The number of carbonyl (C=O) groups is 1. The molecule has 3 aromatic rings. The summed E-state index contributed by atoms with van der Waals surface area (Å²) in [6.07, 6.45) is 2.30. The Balaban J connectivity index is 1.59. The second-order valence-electron chi connectivity index (χ2n) is 7.31. The Labute approximate surface area is 192 Å². The first-order chi connectivity index (χ1) is 15.6. The lowest BCUT2D eigenvalue weighted by Crippen LogP contribution is -2.29. The molecule has 4 rings (SSSR count). The Kier molecular flexibility index (Phi) is 6.44. The van der Waals surface area contributed by atoms with Gasteiger partial charge in [-0.1, -0.05) is 60.1 Å². The summed E-state index contributed by atoms with van der Waals surface area (Å²) in [4.78, 5) is 14.7. The molecule has 0 spiro atoms. The van der Waals surface area contributed by atoms with Gasteiger partial charge in [0.1, 0.15) is 18.2 Å². The highest BCUT2D eigenvalue weighted by Gasteiger charge is 2.26. The number of nitriles is 1. The van der Waals surface area contributed by atoms with Crippen molar-refractivity contribution in [1.82, 2.24) is 0 Å². The molecule has 0 unspecified atom stereocenters. The number of hydrogen-bond donors (Lipinski definition) is 0. The molecule has 0 fully saturated rings. The van der Waals surface area contributed by atoms with Gasteiger partial charge in [0, 0.05) is 12.2 Å². The van der Waals surface area contributed by atoms with Gasteiger partial charge in [-0.3, -0.25) is 4.79 Å². The van der Waals surface area contributed by atoms with Gasteiger partial charge in [-0.2, -0.15) is 5.26 Å². The van der Waals surface area contributed by atoms with Gasteiger partial charge < -0.3 is 14.4 Å². The van der Waals surface area contributed by atoms with Crippen molar-refractivity contribution in [3.05, 3.63) is 94.0 Å². The Hall–Kier alpha value is -3.75. The van der Waals surface area contributed by atoms with E-state index in [2.05, 4.69) is 0 Å². The second kappa shape index (κ2) is 9.59. The number of para-hydroxylation sites is 1. The molecule has 32 heavy (non-hydrogen) atoms. The highest BCUT2D eigenvalue weighted by molar-refractivity contribution is 6.32. The van der Waals surface area contributed by atoms with Gasteiger partial charge >= 0.3 is 0 Å². The van der Waals surface area contributed by atoms with Gasteiger partial charge in [0.15, 0.2) is 11.5 Å². The quantitative estimate of drug-likeness (QED) is 0.376. The van der Waals surface area contributed by atoms with E-state index < -0.39 is 0 Å². The molecule has 0 atom stereocenters. The third kappa shape index (κ3) is 4.46. The first kappa shape index (κ1) is 21.5. The lowest BCUT2D eigenvalue weighted by molar-refractivity contribution is -0.114. The highest BCUT2D eigenvalue weighted by Crippen LogP contribution is 2.38. The minimum atomic E-state index is -0.336. The van der Waals surface area contributed by atoms with Crippen LogP contribution < -0.4 is 14.4 Å². The fourth-order valence-electron chi connectivity index (χ4n) is 3.70. The molecule has 1 heterocycles. The summed E-state index contributed by atoms with van der Waals surface area (Å²) in [6.45, 7) is 0.885. The number of carbonyl (C=O) groups excluding carboxylic acids is 1. The molecule has 1 amide bonds. The number of halogens is 1. The average Bonchev–Trinajstić information content (AvgIpc) is 3.26. The van der Waals surface area contributed by atoms with Crippen LogP contribution in [0, 0.1) is 11.3 Å². The number of benzene rings is 3. The van der Waals surface area contributed by atoms with Gasteiger partial charge in [0.2, 0.25) is 0 Å². The molecule has 0 bridgehead atoms. The standard InChI is InChI=1S/C26H21ClN2O3/c1-31-24-15-19(14-22(27)25(24)32-17-18-7-3-2-4-8-18)13-21(16-28)26(30)29-12-11-20-9-5-6-10-23(20)29/h2-10,13-15H,11-12,17H2,1H3. The number of hydrogen-bond acceptors (Lipinski definition) is 4. The molecule has 0 radical (unpaired) electrons. The second-order valence-corrected chi connectivity index (χ2v) is 7.72. The van der Waals surface area contributed by atoms with Crippen LogP contribution in [0.4, 0.5) is 5.69 Å². The summed E-state index contributed by atoms with van der Waals surface area (Å²) in [5, 5.41) is 10.0. The molecule has 1 aliphatic rings. The van der Waals surface area contributed by atoms with Crippen LogP contribution in [0.15, 0.2) is 72.3 Å². The lowest BCUT2D eigenvalue weighted by Gasteiger charge is -2.17. The van der Waals surface area contributed by atoms with Gasteiger partial charge in [-0.15, -0.1) is 0 Å². The van der Waals surface area contributed by atoms with E-state index in [1.54, 1.807) is 17.0 Å². The minimum absolute atomic E-state index is 0.0257. The zero-order valence-electron chi connectivity index (χ0n) is 17.5. The number of methoxy groups -OCH3 is 1. The molecule has 5 nitrogen and oxygen atoms in total. The van der Waals surface area contributed by atoms with E-state index in [1.807, 2.05) is 60.7 Å². The van der Waals surface area contributed by atoms with Crippen LogP contribution in [0.5, 0.6) is 11.5 Å². The number of ether oxygens (including phenoxy) is 2. The normalized spacial score (nSPS) is 12.8. The van der Waals surface area contributed by atoms with Crippen LogP contribution in [0.2, 0.25) is 5.02 Å². The summed E-state index contributed by atoms with van der Waals surface area (Å²) in [5.41, 5.74) is 3.55. The van der Waals surface area contributed by atoms with Gasteiger partial charge in [-0.05, 0) is 47.4 Å². The Morgan fingerprint density at radius 1 is 1.16 bits per heavy atom. The summed E-state index contributed by atoms with van der Waals surface area (Å²) in [5.74, 6) is 0.501. The molecule has 1 aliphatic heterocycles. The fourth-order valence-corrected chi connectivity index (χ4v) is 3.97. The molecule has 160 valence electrons. The molecular formula is C26H21ClN2O3. The Bertz CT molecular complexity index is 1220. The first-order valence-electron chi connectivity index (χ1n) is 10.2. The van der Waals surface area contributed by atoms with Gasteiger partial charge in [0.05, 0.1) is 12.1 Å². The first-order valence-corrected chi connectivity index (χ1v) is 10.5. The van der Waals surface area contributed by atoms with Crippen molar-refractivity contribution in [2.45, 2.75) is 13.0 Å². The predicted octanol–water partition coefficient (Wildman–Crippen LogP) is 5.42. The van der Waals surface area contributed by atoms with Crippen LogP contribution in [-0.2, 0) is 17.8 Å². The largest absolute Gasteiger partial charge is 0.493 e. The number of anilines is 1. The van der Waals surface area contributed by atoms with Crippen molar-refractivity contribution in [3.8, 4) is 17.6 Å². The zero-order chi connectivity index (χ0) is 22.5. The highest BCUT2D eigenvalue weighted by atomic mass is 35.5. The Morgan fingerprint density at radius 3 is 2.66 bits per heavy atom. The number of nitrogens with zero attached hydrogens (tertiary/aromatic N) is 2. The Morgan fingerprint density at radius 2 is 1.91 bits per heavy atom. The molecule has 0 aromatic heterocycles. The number of rotatable bonds is 6. The number of amides is 1. The molecule has 0 saturated carbocycles. The van der Waals surface area contributed by atoms with Crippen LogP contribution in [0.3, 0.4) is 0 Å². The van der Waals surface area contributed by atoms with E-state index in [0.717, 1.165) is 23.2 Å². The number of fused-ring (bicyclic) bond motifs is 1. The minimum Gasteiger partial charge on any atom is -0.493 e. The topological polar surface area (TPSA) is 62.6 Å². The molecule has 0 aliphatic carbocycles. The predicted molar refractivity (Wildman–Crippen MR) is 125 cm³/mol. The summed E-state index contributed by atoms with van der Waals surface area (Å²) in [7, 11) is 1.52. The molecule has 3 aromatic carbocycles. The van der Waals surface area contributed by atoms with Gasteiger partial charge in [-0.25, -0.2) is 0 Å². The molecule has 0 N–H and O–H groups in total. The van der Waals surface area contributed by atoms with Crippen LogP contribution >= 0.6 is 11.6 Å². The summed E-state index contributed by atoms with van der Waals surface area (Å²) in [6, 6.07) is 22.8. The van der Waals surface area contributed by atoms with Crippen molar-refractivity contribution >= 4 is 29.3 Å². The van der Waals surface area contributed by atoms with E-state index in [4.69, 9.17) is 21.1 Å². The average molecular weight is 445 g/mol. The monoisotopic (exact) mass is 444 g/mol. The fraction of sp³-hybridized carbons (Fsp3) is 0.154. The van der Waals surface area contributed by atoms with Gasteiger partial charge in [0.25, 0.3) is 5.91 Å². The molecule has 0 saturated heterocycles. The van der Waals surface area contributed by atoms with Crippen LogP contribution in [0.25, 0.3) is 6.08 Å². The lowest BCUT2D eigenvalue weighted by atomic mass is 10.1. The van der Waals surface area contributed by atoms with E-state index in [0.29, 0.717) is 35.2 Å². The van der Waals surface area contributed by atoms with E-state index in [-0.39, 0.29) is 11.5 Å².